The van der Waals surface area contributed by atoms with E-state index in [0.717, 1.165) is 32.1 Å². The summed E-state index contributed by atoms with van der Waals surface area (Å²) in [5.74, 6) is 0.510. The number of fused-ring (bicyclic) bond motifs is 1. The largest absolute Gasteiger partial charge is 0.505 e. The highest BCUT2D eigenvalue weighted by atomic mass is 28.4. The first-order valence-electron chi connectivity index (χ1n) is 15.0. The number of aliphatic hydroxyl groups excluding tert-OH is 1. The highest BCUT2D eigenvalue weighted by Gasteiger charge is 2.48. The molecule has 1 heterocycles. The average molecular weight is 582 g/mol. The molecule has 0 bridgehead atoms. The average Bonchev–Trinajstić information content (AvgIpc) is 3.51. The Morgan fingerprint density at radius 3 is 2.52 bits per heavy atom. The second kappa shape index (κ2) is 15.2. The summed E-state index contributed by atoms with van der Waals surface area (Å²) in [6, 6.07) is 0. The van der Waals surface area contributed by atoms with E-state index in [4.69, 9.17) is 28.1 Å². The van der Waals surface area contributed by atoms with Crippen LogP contribution in [0, 0.1) is 35.0 Å². The summed E-state index contributed by atoms with van der Waals surface area (Å²) in [4.78, 5) is 3.18. The van der Waals surface area contributed by atoms with Gasteiger partial charge in [0.1, 0.15) is 6.79 Å². The Kier molecular flexibility index (Phi) is 12.6. The molecule has 0 aromatic heterocycles. The molecule has 0 aromatic carbocycles. The third kappa shape index (κ3) is 8.84. The molecular formula is C30H53N2O7Si+. The highest BCUT2D eigenvalue weighted by molar-refractivity contribution is 6.74. The maximum atomic E-state index is 11.1. The van der Waals surface area contributed by atoms with Gasteiger partial charge in [-0.2, -0.15) is 0 Å². The molecule has 0 spiro atoms. The van der Waals surface area contributed by atoms with Gasteiger partial charge in [0.25, 0.3) is 0 Å². The molecule has 7 atom stereocenters. The molecule has 3 aliphatic rings. The van der Waals surface area contributed by atoms with E-state index in [0.29, 0.717) is 32.3 Å². The molecule has 2 aliphatic carbocycles. The Balaban J connectivity index is 1.85. The molecule has 228 valence electrons. The maximum Gasteiger partial charge on any atom is 0.387 e. The zero-order valence-electron chi connectivity index (χ0n) is 25.7. The molecule has 0 radical (unpaired) electrons. The Labute approximate surface area is 242 Å². The van der Waals surface area contributed by atoms with Crippen LogP contribution in [0.15, 0.2) is 24.1 Å². The highest BCUT2D eigenvalue weighted by Crippen LogP contribution is 2.48. The summed E-state index contributed by atoms with van der Waals surface area (Å²) in [5.41, 5.74) is 0. The van der Waals surface area contributed by atoms with Crippen molar-refractivity contribution in [2.75, 3.05) is 40.3 Å². The zero-order chi connectivity index (χ0) is 29.3. The predicted octanol–water partition coefficient (Wildman–Crippen LogP) is 6.64. The Morgan fingerprint density at radius 1 is 1.15 bits per heavy atom. The van der Waals surface area contributed by atoms with Crippen LogP contribution in [0.3, 0.4) is 0 Å². The van der Waals surface area contributed by atoms with Gasteiger partial charge in [0.15, 0.2) is 25.3 Å². The summed E-state index contributed by atoms with van der Waals surface area (Å²) >= 11 is 0. The van der Waals surface area contributed by atoms with Crippen LogP contribution in [0.4, 0.5) is 0 Å². The molecule has 1 aliphatic heterocycles. The minimum absolute atomic E-state index is 0.0115. The number of diazo groups is 1. The predicted molar refractivity (Wildman–Crippen MR) is 156 cm³/mol. The number of hydrogen-bond acceptors (Lipinski definition) is 8. The van der Waals surface area contributed by atoms with E-state index in [1.165, 1.54) is 6.20 Å². The monoisotopic (exact) mass is 581 g/mol. The first-order valence-corrected chi connectivity index (χ1v) is 17.9. The summed E-state index contributed by atoms with van der Waals surface area (Å²) < 4.78 is 35.4. The smallest absolute Gasteiger partial charge is 0.387 e. The number of aliphatic hydroxyl groups is 1. The molecule has 0 aromatic rings. The minimum Gasteiger partial charge on any atom is -0.505 e. The van der Waals surface area contributed by atoms with Crippen LogP contribution in [-0.4, -0.2) is 72.3 Å². The Hall–Kier alpha value is -1.32. The maximum absolute atomic E-state index is 11.1. The summed E-state index contributed by atoms with van der Waals surface area (Å²) in [6.45, 7) is 16.1. The van der Waals surface area contributed by atoms with Crippen LogP contribution < -0.4 is 0 Å². The number of methoxy groups -OCH3 is 1. The lowest BCUT2D eigenvalue weighted by Gasteiger charge is -2.42. The Morgan fingerprint density at radius 2 is 1.88 bits per heavy atom. The molecule has 0 unspecified atom stereocenters. The Bertz CT molecular complexity index is 878. The zero-order valence-corrected chi connectivity index (χ0v) is 26.7. The molecule has 10 heteroatoms. The quantitative estimate of drug-likeness (QED) is 0.0608. The van der Waals surface area contributed by atoms with E-state index in [-0.39, 0.29) is 59.8 Å². The van der Waals surface area contributed by atoms with Crippen molar-refractivity contribution >= 4 is 8.32 Å². The van der Waals surface area contributed by atoms with Crippen LogP contribution in [0.25, 0.3) is 4.98 Å². The standard InChI is InChI=1S/C30H52N2O7Si/c1-21(8-13-28-36-16-17-37-28)29(25(33)19-32-31)22-9-10-23-24(11-12-26(23)38-20-35-15-14-34-5)27(18-22)39-40(6,7)30(2,3)4/h9-10,19,21-24,26-29H,8,11-18,20H2,1-7H3/p+1/b25-19-/t21-,22+,23+,24+,26-,27-,29+/m0/s1. The van der Waals surface area contributed by atoms with Gasteiger partial charge in [-0.1, -0.05) is 39.8 Å². The van der Waals surface area contributed by atoms with E-state index < -0.39 is 8.32 Å². The lowest BCUT2D eigenvalue weighted by molar-refractivity contribution is -0.106. The van der Waals surface area contributed by atoms with Gasteiger partial charge in [0.05, 0.1) is 32.5 Å². The van der Waals surface area contributed by atoms with Gasteiger partial charge in [-0.25, -0.2) is 0 Å². The van der Waals surface area contributed by atoms with Crippen LogP contribution in [0.5, 0.6) is 0 Å². The fourth-order valence-electron chi connectivity index (χ4n) is 6.23. The molecule has 1 saturated heterocycles. The molecule has 3 rings (SSSR count). The van der Waals surface area contributed by atoms with Gasteiger partial charge < -0.3 is 33.2 Å². The van der Waals surface area contributed by atoms with Gasteiger partial charge in [-0.05, 0) is 68.0 Å². The lowest BCUT2D eigenvalue weighted by Crippen LogP contribution is -2.47. The normalized spacial score (nSPS) is 29.6. The molecule has 9 nitrogen and oxygen atoms in total. The van der Waals surface area contributed by atoms with Gasteiger partial charge in [0.2, 0.25) is 5.39 Å². The van der Waals surface area contributed by atoms with E-state index in [1.54, 1.807) is 7.11 Å². The van der Waals surface area contributed by atoms with E-state index in [1.807, 2.05) is 0 Å². The van der Waals surface area contributed by atoms with Gasteiger partial charge in [-0.15, -0.1) is 0 Å². The number of hydrogen-bond donors (Lipinski definition) is 1. The van der Waals surface area contributed by atoms with Crippen molar-refractivity contribution in [1.82, 2.24) is 0 Å². The van der Waals surface area contributed by atoms with E-state index >= 15 is 0 Å². The molecule has 2 fully saturated rings. The van der Waals surface area contributed by atoms with Crippen LogP contribution >= 0.6 is 0 Å². The van der Waals surface area contributed by atoms with Crippen molar-refractivity contribution < 1.29 is 33.2 Å². The fourth-order valence-corrected chi connectivity index (χ4v) is 7.61. The molecular weight excluding hydrogens is 528 g/mol. The van der Waals surface area contributed by atoms with Gasteiger partial charge >= 0.3 is 6.20 Å². The van der Waals surface area contributed by atoms with Crippen molar-refractivity contribution in [3.63, 3.8) is 0 Å². The van der Waals surface area contributed by atoms with Crippen molar-refractivity contribution in [3.8, 4) is 0 Å². The van der Waals surface area contributed by atoms with Crippen molar-refractivity contribution in [3.05, 3.63) is 29.1 Å². The molecule has 1 saturated carbocycles. The topological polar surface area (TPSA) is 104 Å². The van der Waals surface area contributed by atoms with Crippen LogP contribution in [0.2, 0.25) is 18.1 Å². The lowest BCUT2D eigenvalue weighted by atomic mass is 9.76. The third-order valence-electron chi connectivity index (χ3n) is 9.47. The van der Waals surface area contributed by atoms with Crippen LogP contribution in [0.1, 0.15) is 59.8 Å². The summed E-state index contributed by atoms with van der Waals surface area (Å²) in [5, 5.41) is 20.5. The number of allylic oxidation sites excluding steroid dienone is 2. The van der Waals surface area contributed by atoms with E-state index in [2.05, 4.69) is 57.9 Å². The van der Waals surface area contributed by atoms with Gasteiger partial charge in [-0.3, -0.25) is 0 Å². The fraction of sp³-hybridized carbons (Fsp3) is 0.867. The van der Waals surface area contributed by atoms with E-state index in [9.17, 15) is 10.5 Å². The second-order valence-corrected chi connectivity index (χ2v) is 17.9. The number of nitrogens with zero attached hydrogens (tertiary/aromatic N) is 2. The molecule has 0 amide bonds. The SMILES string of the molecule is COCCOCO[C@H]1CC[C@@H]2[C@H]1C=C[C@@H]([C@H](/C(O)=C/[N+]#N)[C@@H](C)CCC1OCCO1)C[C@@H]2O[Si](C)(C)C(C)(C)C. The summed E-state index contributed by atoms with van der Waals surface area (Å²) in [7, 11) is -0.420. The minimum atomic E-state index is -2.08. The molecule has 1 N–H and O–H groups in total. The van der Waals surface area contributed by atoms with Crippen LogP contribution in [-0.2, 0) is 28.1 Å². The number of rotatable bonds is 14. The first-order chi connectivity index (χ1) is 19.0. The number of ether oxygens (including phenoxy) is 5. The van der Waals surface area contributed by atoms with Gasteiger partial charge in [0, 0.05) is 25.0 Å². The molecule has 40 heavy (non-hydrogen) atoms. The summed E-state index contributed by atoms with van der Waals surface area (Å²) in [6.07, 6.45) is 9.96. The first kappa shape index (κ1) is 33.2. The van der Waals surface area contributed by atoms with Crippen molar-refractivity contribution in [1.29, 1.82) is 5.39 Å². The van der Waals surface area contributed by atoms with Crippen molar-refractivity contribution in [2.24, 2.45) is 29.6 Å². The second-order valence-electron chi connectivity index (χ2n) is 13.2. The van der Waals surface area contributed by atoms with Crippen molar-refractivity contribution in [2.45, 2.75) is 96.4 Å². The third-order valence-corrected chi connectivity index (χ3v) is 14.0.